The lowest BCUT2D eigenvalue weighted by molar-refractivity contribution is 0.342. The molecule has 2 heteroatoms. The zero-order valence-corrected chi connectivity index (χ0v) is 15.3. The van der Waals surface area contributed by atoms with Gasteiger partial charge in [0, 0.05) is 0 Å². The number of benzene rings is 3. The van der Waals surface area contributed by atoms with Gasteiger partial charge in [-0.25, -0.2) is 0 Å². The molecular weight excluding hydrogens is 332 g/mol. The fourth-order valence-electron chi connectivity index (χ4n) is 4.35. The molecule has 0 radical (unpaired) electrons. The van der Waals surface area contributed by atoms with Gasteiger partial charge >= 0.3 is 0 Å². The molecule has 1 aliphatic carbocycles. The predicted molar refractivity (Wildman–Crippen MR) is 110 cm³/mol. The van der Waals surface area contributed by atoms with Crippen molar-refractivity contribution in [3.63, 3.8) is 0 Å². The van der Waals surface area contributed by atoms with Crippen molar-refractivity contribution < 1.29 is 10.2 Å². The number of aliphatic hydroxyl groups excluding tert-OH is 1. The monoisotopic (exact) mass is 354 g/mol. The van der Waals surface area contributed by atoms with Crippen molar-refractivity contribution in [1.29, 1.82) is 0 Å². The molecule has 0 heterocycles. The average molecular weight is 354 g/mol. The molecule has 1 aliphatic rings. The summed E-state index contributed by atoms with van der Waals surface area (Å²) in [5.74, 6) is 0.251. The van der Waals surface area contributed by atoms with Gasteiger partial charge in [0.05, 0.1) is 12.0 Å². The second-order valence-electron chi connectivity index (χ2n) is 6.72. The average Bonchev–Trinajstić information content (AvgIpc) is 3.01. The zero-order valence-electron chi connectivity index (χ0n) is 15.3. The highest BCUT2D eigenvalue weighted by atomic mass is 16.3. The maximum atomic E-state index is 9.85. The number of allylic oxidation sites excluding steroid dienone is 3. The molecule has 0 spiro atoms. The number of phenols is 1. The van der Waals surface area contributed by atoms with E-state index in [2.05, 4.69) is 54.6 Å². The molecule has 3 aromatic carbocycles. The van der Waals surface area contributed by atoms with Gasteiger partial charge in [-0.3, -0.25) is 0 Å². The van der Waals surface area contributed by atoms with Crippen molar-refractivity contribution in [2.24, 2.45) is 0 Å². The fraction of sp³-hybridized carbons (Fsp3) is 0.120. The molecule has 0 unspecified atom stereocenters. The Morgan fingerprint density at radius 2 is 1.41 bits per heavy atom. The number of fused-ring (bicyclic) bond motifs is 3. The predicted octanol–water partition coefficient (Wildman–Crippen LogP) is 5.20. The van der Waals surface area contributed by atoms with E-state index in [0.717, 1.165) is 11.1 Å². The minimum atomic E-state index is -0.485. The van der Waals surface area contributed by atoms with Crippen molar-refractivity contribution in [1.82, 2.24) is 0 Å². The summed E-state index contributed by atoms with van der Waals surface area (Å²) in [6.45, 7) is 2.02. The van der Waals surface area contributed by atoms with Crippen LogP contribution >= 0.6 is 0 Å². The van der Waals surface area contributed by atoms with Crippen LogP contribution in [-0.4, -0.2) is 16.8 Å². The number of rotatable bonds is 4. The number of hydrogen-bond donors (Lipinski definition) is 2. The third kappa shape index (κ3) is 2.53. The topological polar surface area (TPSA) is 40.5 Å². The van der Waals surface area contributed by atoms with Gasteiger partial charge < -0.3 is 10.2 Å². The Morgan fingerprint density at radius 3 is 1.93 bits per heavy atom. The van der Waals surface area contributed by atoms with Crippen molar-refractivity contribution in [2.75, 3.05) is 6.61 Å². The Labute approximate surface area is 159 Å². The summed E-state index contributed by atoms with van der Waals surface area (Å²) in [4.78, 5) is 0. The van der Waals surface area contributed by atoms with E-state index < -0.39 is 5.41 Å². The van der Waals surface area contributed by atoms with Crippen LogP contribution in [-0.2, 0) is 5.41 Å². The maximum absolute atomic E-state index is 9.85. The van der Waals surface area contributed by atoms with Crippen LogP contribution < -0.4 is 0 Å². The summed E-state index contributed by atoms with van der Waals surface area (Å²) in [7, 11) is 0. The third-order valence-corrected chi connectivity index (χ3v) is 5.40. The van der Waals surface area contributed by atoms with Crippen LogP contribution in [0.2, 0.25) is 0 Å². The third-order valence-electron chi connectivity index (χ3n) is 5.40. The molecule has 0 atom stereocenters. The molecule has 4 rings (SSSR count). The first-order chi connectivity index (χ1) is 13.2. The fourth-order valence-corrected chi connectivity index (χ4v) is 4.35. The molecule has 0 amide bonds. The van der Waals surface area contributed by atoms with Gasteiger partial charge in [-0.05, 0) is 52.4 Å². The highest BCUT2D eigenvalue weighted by Gasteiger charge is 2.46. The van der Waals surface area contributed by atoms with Crippen molar-refractivity contribution in [3.8, 4) is 16.9 Å². The van der Waals surface area contributed by atoms with Crippen LogP contribution in [0.25, 0.3) is 11.1 Å². The van der Waals surface area contributed by atoms with E-state index in [0.29, 0.717) is 0 Å². The van der Waals surface area contributed by atoms with Crippen molar-refractivity contribution >= 4 is 0 Å². The molecule has 27 heavy (non-hydrogen) atoms. The lowest BCUT2D eigenvalue weighted by Crippen LogP contribution is -2.29. The SMILES string of the molecule is C/C=C(\C=C/CO)C1(c2ccc(O)cc2)c2ccccc2-c2ccccc21. The van der Waals surface area contributed by atoms with Gasteiger partial charge in [0.1, 0.15) is 5.75 Å². The van der Waals surface area contributed by atoms with Gasteiger partial charge in [-0.2, -0.15) is 0 Å². The number of aliphatic hydroxyl groups is 1. The van der Waals surface area contributed by atoms with Gasteiger partial charge in [0.25, 0.3) is 0 Å². The van der Waals surface area contributed by atoms with E-state index in [-0.39, 0.29) is 12.4 Å². The molecule has 0 bridgehead atoms. The van der Waals surface area contributed by atoms with Crippen molar-refractivity contribution in [3.05, 3.63) is 113 Å². The van der Waals surface area contributed by atoms with E-state index >= 15 is 0 Å². The summed E-state index contributed by atoms with van der Waals surface area (Å²) in [5.41, 5.74) is 6.57. The molecule has 0 fully saturated rings. The van der Waals surface area contributed by atoms with Gasteiger partial charge in [-0.15, -0.1) is 0 Å². The number of aromatic hydroxyl groups is 1. The number of hydrogen-bond acceptors (Lipinski definition) is 2. The maximum Gasteiger partial charge on any atom is 0.115 e. The summed E-state index contributed by atoms with van der Waals surface area (Å²) >= 11 is 0. The second-order valence-corrected chi connectivity index (χ2v) is 6.72. The minimum absolute atomic E-state index is 0.00765. The Balaban J connectivity index is 2.14. The van der Waals surface area contributed by atoms with Gasteiger partial charge in [0.15, 0.2) is 0 Å². The van der Waals surface area contributed by atoms with E-state index in [4.69, 9.17) is 0 Å². The Kier molecular flexibility index (Phi) is 4.43. The molecule has 2 nitrogen and oxygen atoms in total. The Morgan fingerprint density at radius 1 is 0.852 bits per heavy atom. The van der Waals surface area contributed by atoms with Gasteiger partial charge in [-0.1, -0.05) is 78.9 Å². The quantitative estimate of drug-likeness (QED) is 0.632. The molecule has 0 saturated carbocycles. The largest absolute Gasteiger partial charge is 0.508 e. The van der Waals surface area contributed by atoms with Crippen LogP contribution in [0.4, 0.5) is 0 Å². The normalized spacial score (nSPS) is 15.0. The van der Waals surface area contributed by atoms with Crippen LogP contribution in [0.15, 0.2) is 96.6 Å². The van der Waals surface area contributed by atoms with Crippen LogP contribution in [0.3, 0.4) is 0 Å². The van der Waals surface area contributed by atoms with E-state index in [1.807, 2.05) is 25.1 Å². The molecule has 0 saturated heterocycles. The van der Waals surface area contributed by atoms with Crippen LogP contribution in [0.5, 0.6) is 5.75 Å². The van der Waals surface area contributed by atoms with Crippen molar-refractivity contribution in [2.45, 2.75) is 12.3 Å². The highest BCUT2D eigenvalue weighted by Crippen LogP contribution is 2.56. The molecule has 0 aliphatic heterocycles. The molecule has 0 aromatic heterocycles. The molecular formula is C25H22O2. The van der Waals surface area contributed by atoms with E-state index in [9.17, 15) is 10.2 Å². The highest BCUT2D eigenvalue weighted by molar-refractivity contribution is 5.86. The standard InChI is InChI=1S/C25H22O2/c1-2-18(8-7-17-26)25(19-13-15-20(27)16-14-19)23-11-5-3-9-21(23)22-10-4-6-12-24(22)25/h2-16,26-27H,17H2,1H3/b8-7-,18-2+. The first kappa shape index (κ1) is 17.3. The summed E-state index contributed by atoms with van der Waals surface area (Å²) in [5, 5.41) is 19.2. The van der Waals surface area contributed by atoms with Crippen LogP contribution in [0.1, 0.15) is 23.6 Å². The Hall–Kier alpha value is -3.10. The first-order valence-electron chi connectivity index (χ1n) is 9.16. The molecule has 2 N–H and O–H groups in total. The van der Waals surface area contributed by atoms with Crippen LogP contribution in [0, 0.1) is 0 Å². The zero-order chi connectivity index (χ0) is 18.9. The van der Waals surface area contributed by atoms with E-state index in [1.54, 1.807) is 18.2 Å². The second kappa shape index (κ2) is 6.90. The smallest absolute Gasteiger partial charge is 0.115 e. The van der Waals surface area contributed by atoms with E-state index in [1.165, 1.54) is 22.3 Å². The van der Waals surface area contributed by atoms with Gasteiger partial charge in [0.2, 0.25) is 0 Å². The lowest BCUT2D eigenvalue weighted by Gasteiger charge is -2.34. The minimum Gasteiger partial charge on any atom is -0.508 e. The first-order valence-corrected chi connectivity index (χ1v) is 9.16. The summed E-state index contributed by atoms with van der Waals surface area (Å²) in [6, 6.07) is 24.4. The Bertz CT molecular complexity index is 981. The summed E-state index contributed by atoms with van der Waals surface area (Å²) < 4.78 is 0. The summed E-state index contributed by atoms with van der Waals surface area (Å²) in [6.07, 6.45) is 5.89. The lowest BCUT2D eigenvalue weighted by atomic mass is 9.67. The molecule has 3 aromatic rings. The molecule has 134 valence electrons. The number of phenolic OH excluding ortho intramolecular Hbond substituents is 1.